The van der Waals surface area contributed by atoms with Gasteiger partial charge in [0, 0.05) is 26.4 Å². The van der Waals surface area contributed by atoms with Crippen LogP contribution in [-0.4, -0.2) is 59.2 Å². The van der Waals surface area contributed by atoms with Crippen LogP contribution in [0.3, 0.4) is 0 Å². The monoisotopic (exact) mass is 293 g/mol. The van der Waals surface area contributed by atoms with Gasteiger partial charge in [-0.3, -0.25) is 4.79 Å². The Labute approximate surface area is 122 Å². The van der Waals surface area contributed by atoms with Crippen molar-refractivity contribution in [1.82, 2.24) is 15.0 Å². The number of rotatable bonds is 3. The second-order valence-electron chi connectivity index (χ2n) is 5.80. The van der Waals surface area contributed by atoms with Crippen molar-refractivity contribution in [3.05, 3.63) is 17.5 Å². The first kappa shape index (κ1) is 13.9. The Kier molecular flexibility index (Phi) is 3.35. The molecule has 1 aromatic rings. The van der Waals surface area contributed by atoms with Crippen molar-refractivity contribution >= 4 is 12.0 Å². The minimum absolute atomic E-state index is 0.0952. The first-order chi connectivity index (χ1) is 10.0. The summed E-state index contributed by atoms with van der Waals surface area (Å²) >= 11 is 0. The highest BCUT2D eigenvalue weighted by atomic mass is 16.6. The minimum atomic E-state index is -0.552. The van der Waals surface area contributed by atoms with E-state index < -0.39 is 5.60 Å². The van der Waals surface area contributed by atoms with Gasteiger partial charge in [0.25, 0.3) is 5.91 Å². The van der Waals surface area contributed by atoms with Crippen molar-refractivity contribution in [2.75, 3.05) is 26.7 Å². The normalized spacial score (nSPS) is 25.0. The third kappa shape index (κ3) is 2.36. The highest BCUT2D eigenvalue weighted by Gasteiger charge is 2.49. The van der Waals surface area contributed by atoms with E-state index in [2.05, 4.69) is 5.16 Å². The average Bonchev–Trinajstić information content (AvgIpc) is 3.12. The highest BCUT2D eigenvalue weighted by molar-refractivity contribution is 5.95. The minimum Gasteiger partial charge on any atom is -0.439 e. The zero-order chi connectivity index (χ0) is 15.0. The molecule has 3 heterocycles. The molecule has 21 heavy (non-hydrogen) atoms. The lowest BCUT2D eigenvalue weighted by molar-refractivity contribution is 0.0552. The molecule has 2 aliphatic heterocycles. The van der Waals surface area contributed by atoms with E-state index >= 15 is 0 Å². The van der Waals surface area contributed by atoms with E-state index in [9.17, 15) is 9.59 Å². The summed E-state index contributed by atoms with van der Waals surface area (Å²) in [4.78, 5) is 27.4. The molecule has 0 N–H and O–H groups in total. The molecule has 0 saturated carbocycles. The highest BCUT2D eigenvalue weighted by Crippen LogP contribution is 2.32. The molecule has 0 radical (unpaired) electrons. The zero-order valence-electron chi connectivity index (χ0n) is 12.3. The lowest BCUT2D eigenvalue weighted by Crippen LogP contribution is -2.39. The van der Waals surface area contributed by atoms with Gasteiger partial charge in [0.2, 0.25) is 0 Å². The number of carbonyl (C=O) groups excluding carboxylic acids is 2. The largest absolute Gasteiger partial charge is 0.439 e. The molecule has 1 spiro atoms. The Balaban J connectivity index is 1.73. The summed E-state index contributed by atoms with van der Waals surface area (Å²) in [5, 5.41) is 3.73. The summed E-state index contributed by atoms with van der Waals surface area (Å²) in [6.07, 6.45) is 3.41. The Hall–Kier alpha value is -2.05. The molecule has 1 aromatic heterocycles. The second kappa shape index (κ2) is 5.05. The van der Waals surface area contributed by atoms with Gasteiger partial charge in [-0.1, -0.05) is 12.1 Å². The van der Waals surface area contributed by atoms with Gasteiger partial charge < -0.3 is 19.1 Å². The van der Waals surface area contributed by atoms with Gasteiger partial charge in [-0.2, -0.15) is 0 Å². The fraction of sp³-hybridized carbons (Fsp3) is 0.643. The van der Waals surface area contributed by atoms with Gasteiger partial charge >= 0.3 is 6.09 Å². The zero-order valence-corrected chi connectivity index (χ0v) is 12.3. The molecule has 3 rings (SSSR count). The van der Waals surface area contributed by atoms with E-state index in [0.717, 1.165) is 6.42 Å². The van der Waals surface area contributed by atoms with Crippen molar-refractivity contribution in [1.29, 1.82) is 0 Å². The molecule has 7 nitrogen and oxygen atoms in total. The first-order valence-electron chi connectivity index (χ1n) is 7.21. The summed E-state index contributed by atoms with van der Waals surface area (Å²) < 4.78 is 10.6. The summed E-state index contributed by atoms with van der Waals surface area (Å²) in [5.41, 5.74) is -0.0320. The van der Waals surface area contributed by atoms with Gasteiger partial charge in [-0.15, -0.1) is 0 Å². The van der Waals surface area contributed by atoms with Crippen LogP contribution >= 0.6 is 0 Å². The number of nitrogens with zero attached hydrogens (tertiary/aromatic N) is 3. The summed E-state index contributed by atoms with van der Waals surface area (Å²) in [6.45, 7) is 3.56. The smallest absolute Gasteiger partial charge is 0.410 e. The van der Waals surface area contributed by atoms with Crippen LogP contribution in [0.25, 0.3) is 0 Å². The number of likely N-dealkylation sites (N-methyl/N-ethyl adjacent to an activating group) is 1. The number of likely N-dealkylation sites (tertiary alicyclic amines) is 1. The van der Waals surface area contributed by atoms with Crippen LogP contribution < -0.4 is 0 Å². The second-order valence-corrected chi connectivity index (χ2v) is 5.80. The van der Waals surface area contributed by atoms with E-state index in [0.29, 0.717) is 43.8 Å². The number of amides is 2. The van der Waals surface area contributed by atoms with Crippen LogP contribution in [0.2, 0.25) is 0 Å². The number of aryl methyl sites for hydroxylation is 1. The quantitative estimate of drug-likeness (QED) is 0.839. The third-order valence-electron chi connectivity index (χ3n) is 4.10. The van der Waals surface area contributed by atoms with E-state index in [1.54, 1.807) is 16.8 Å². The van der Waals surface area contributed by atoms with E-state index in [1.165, 1.54) is 6.20 Å². The summed E-state index contributed by atoms with van der Waals surface area (Å²) in [7, 11) is 1.71. The van der Waals surface area contributed by atoms with Crippen molar-refractivity contribution in [3.63, 3.8) is 0 Å². The van der Waals surface area contributed by atoms with E-state index in [-0.39, 0.29) is 12.0 Å². The topological polar surface area (TPSA) is 75.9 Å². The SMILES string of the molecule is CCCc1oncc1C(=O)N1CCC2(CN(C)C(=O)O2)C1. The van der Waals surface area contributed by atoms with Gasteiger partial charge in [0.05, 0.1) is 19.3 Å². The third-order valence-corrected chi connectivity index (χ3v) is 4.10. The van der Waals surface area contributed by atoms with Gasteiger partial charge in [0.1, 0.15) is 11.3 Å². The number of ether oxygens (including phenoxy) is 1. The Morgan fingerprint density at radius 3 is 2.95 bits per heavy atom. The number of hydrogen-bond acceptors (Lipinski definition) is 5. The molecule has 0 aromatic carbocycles. The number of aromatic nitrogens is 1. The average molecular weight is 293 g/mol. The fourth-order valence-electron chi connectivity index (χ4n) is 3.04. The molecule has 7 heteroatoms. The standard InChI is InChI=1S/C14H19N3O4/c1-3-4-11-10(7-15-21-11)12(18)17-6-5-14(9-17)8-16(2)13(19)20-14/h7H,3-6,8-9H2,1-2H3. The molecule has 2 aliphatic rings. The van der Waals surface area contributed by atoms with Crippen molar-refractivity contribution in [2.24, 2.45) is 0 Å². The van der Waals surface area contributed by atoms with Gasteiger partial charge in [-0.05, 0) is 6.42 Å². The van der Waals surface area contributed by atoms with Gasteiger partial charge in [0.15, 0.2) is 5.60 Å². The molecule has 2 saturated heterocycles. The Morgan fingerprint density at radius 1 is 1.48 bits per heavy atom. The van der Waals surface area contributed by atoms with E-state index in [4.69, 9.17) is 9.26 Å². The predicted octanol–water partition coefficient (Wildman–Crippen LogP) is 1.29. The van der Waals surface area contributed by atoms with Crippen LogP contribution in [0, 0.1) is 0 Å². The Bertz CT molecular complexity index is 570. The maximum absolute atomic E-state index is 12.6. The molecule has 1 atom stereocenters. The number of carbonyl (C=O) groups is 2. The van der Waals surface area contributed by atoms with E-state index in [1.807, 2.05) is 6.92 Å². The molecular formula is C14H19N3O4. The molecule has 0 aliphatic carbocycles. The molecule has 1 unspecified atom stereocenters. The maximum atomic E-state index is 12.6. The summed E-state index contributed by atoms with van der Waals surface area (Å²) in [6, 6.07) is 0. The molecule has 0 bridgehead atoms. The first-order valence-corrected chi connectivity index (χ1v) is 7.21. The van der Waals surface area contributed by atoms with Crippen LogP contribution in [0.5, 0.6) is 0 Å². The van der Waals surface area contributed by atoms with Gasteiger partial charge in [-0.25, -0.2) is 4.79 Å². The molecule has 2 fully saturated rings. The predicted molar refractivity (Wildman–Crippen MR) is 72.9 cm³/mol. The molecular weight excluding hydrogens is 274 g/mol. The maximum Gasteiger partial charge on any atom is 0.410 e. The number of hydrogen-bond donors (Lipinski definition) is 0. The lowest BCUT2D eigenvalue weighted by atomic mass is 10.0. The van der Waals surface area contributed by atoms with Crippen LogP contribution in [0.4, 0.5) is 4.79 Å². The van der Waals surface area contributed by atoms with Crippen LogP contribution in [0.15, 0.2) is 10.7 Å². The lowest BCUT2D eigenvalue weighted by Gasteiger charge is -2.21. The van der Waals surface area contributed by atoms with Crippen molar-refractivity contribution in [2.45, 2.75) is 31.8 Å². The molecule has 2 amide bonds. The van der Waals surface area contributed by atoms with Crippen molar-refractivity contribution in [3.8, 4) is 0 Å². The van der Waals surface area contributed by atoms with Crippen molar-refractivity contribution < 1.29 is 18.8 Å². The Morgan fingerprint density at radius 2 is 2.29 bits per heavy atom. The van der Waals surface area contributed by atoms with Crippen LogP contribution in [-0.2, 0) is 11.2 Å². The van der Waals surface area contributed by atoms with Crippen LogP contribution in [0.1, 0.15) is 35.9 Å². The summed E-state index contributed by atoms with van der Waals surface area (Å²) in [5.74, 6) is 0.533. The fourth-order valence-corrected chi connectivity index (χ4v) is 3.04. The molecule has 114 valence electrons.